The van der Waals surface area contributed by atoms with E-state index in [0.29, 0.717) is 12.5 Å². The number of fused-ring (bicyclic) bond motifs is 1. The maximum absolute atomic E-state index is 12.6. The number of likely N-dealkylation sites (N-methyl/N-ethyl adjacent to an activating group) is 1. The lowest BCUT2D eigenvalue weighted by Crippen LogP contribution is -2.38. The van der Waals surface area contributed by atoms with Gasteiger partial charge in [0.25, 0.3) is 0 Å². The molecule has 0 aromatic carbocycles. The minimum Gasteiger partial charge on any atom is -0.480 e. The zero-order valence-corrected chi connectivity index (χ0v) is 17.6. The number of aliphatic carboxylic acids is 1. The Morgan fingerprint density at radius 1 is 1.30 bits per heavy atom. The Kier molecular flexibility index (Phi) is 8.54. The van der Waals surface area contributed by atoms with Crippen LogP contribution in [0.1, 0.15) is 36.1 Å². The van der Waals surface area contributed by atoms with Crippen molar-refractivity contribution in [3.8, 4) is 0 Å². The van der Waals surface area contributed by atoms with Crippen LogP contribution < -0.4 is 0 Å². The molecule has 1 fully saturated rings. The van der Waals surface area contributed by atoms with Gasteiger partial charge in [0, 0.05) is 37.0 Å². The number of rotatable bonds is 6. The van der Waals surface area contributed by atoms with E-state index in [9.17, 15) is 9.59 Å². The molecule has 0 radical (unpaired) electrons. The van der Waals surface area contributed by atoms with Gasteiger partial charge in [0.2, 0.25) is 5.91 Å². The maximum atomic E-state index is 12.6. The van der Waals surface area contributed by atoms with Crippen LogP contribution in [0, 0.1) is 0 Å². The minimum atomic E-state index is -0.769. The third kappa shape index (κ3) is 6.17. The van der Waals surface area contributed by atoms with Crippen LogP contribution >= 0.6 is 23.7 Å². The Morgan fingerprint density at radius 3 is 2.89 bits per heavy atom. The number of carboxylic acids is 1. The van der Waals surface area contributed by atoms with Crippen LogP contribution in [0.2, 0.25) is 0 Å². The van der Waals surface area contributed by atoms with Crippen LogP contribution in [-0.4, -0.2) is 77.5 Å². The topological polar surface area (TPSA) is 64.1 Å². The van der Waals surface area contributed by atoms with Crippen LogP contribution in [-0.2, 0) is 22.6 Å². The lowest BCUT2D eigenvalue weighted by Gasteiger charge is -2.28. The van der Waals surface area contributed by atoms with E-state index in [2.05, 4.69) is 16.3 Å². The predicted molar refractivity (Wildman–Crippen MR) is 110 cm³/mol. The number of thiophene rings is 1. The quantitative estimate of drug-likeness (QED) is 0.772. The van der Waals surface area contributed by atoms with Gasteiger partial charge in [-0.3, -0.25) is 14.5 Å². The molecule has 27 heavy (non-hydrogen) atoms. The number of nitrogens with zero attached hydrogens (tertiary/aromatic N) is 3. The van der Waals surface area contributed by atoms with Crippen molar-refractivity contribution >= 4 is 35.6 Å². The molecule has 2 aliphatic heterocycles. The van der Waals surface area contributed by atoms with Crippen molar-refractivity contribution in [3.63, 3.8) is 0 Å². The first-order valence-corrected chi connectivity index (χ1v) is 10.4. The van der Waals surface area contributed by atoms with E-state index < -0.39 is 5.97 Å². The Bertz CT molecular complexity index is 639. The highest BCUT2D eigenvalue weighted by molar-refractivity contribution is 7.10. The number of likely N-dealkylation sites (tertiary alicyclic amines) is 1. The Hall–Kier alpha value is -1.15. The monoisotopic (exact) mass is 415 g/mol. The lowest BCUT2D eigenvalue weighted by atomic mass is 10.1. The van der Waals surface area contributed by atoms with Gasteiger partial charge in [0.1, 0.15) is 0 Å². The lowest BCUT2D eigenvalue weighted by molar-refractivity contribution is -0.138. The zero-order chi connectivity index (χ0) is 18.5. The molecule has 8 heteroatoms. The van der Waals surface area contributed by atoms with Gasteiger partial charge in [-0.15, -0.1) is 23.7 Å². The van der Waals surface area contributed by atoms with E-state index in [-0.39, 0.29) is 24.9 Å². The maximum Gasteiger partial charge on any atom is 0.317 e. The van der Waals surface area contributed by atoms with Crippen molar-refractivity contribution in [2.75, 3.05) is 39.8 Å². The van der Waals surface area contributed by atoms with Crippen LogP contribution in [0.3, 0.4) is 0 Å². The third-order valence-corrected chi connectivity index (χ3v) is 6.62. The van der Waals surface area contributed by atoms with Gasteiger partial charge in [0.15, 0.2) is 0 Å². The number of carbonyl (C=O) groups excluding carboxylic acids is 1. The molecule has 3 rings (SSSR count). The molecule has 1 amide bonds. The molecule has 1 unspecified atom stereocenters. The molecule has 2 aliphatic rings. The molecule has 1 saturated heterocycles. The van der Waals surface area contributed by atoms with Gasteiger partial charge < -0.3 is 14.9 Å². The molecule has 6 nitrogen and oxygen atoms in total. The Balaban J connectivity index is 0.00000261. The molecule has 0 saturated carbocycles. The number of hydrogen-bond acceptors (Lipinski definition) is 5. The van der Waals surface area contributed by atoms with Crippen molar-refractivity contribution in [1.82, 2.24) is 14.7 Å². The molecule has 0 spiro atoms. The van der Waals surface area contributed by atoms with Crippen LogP contribution in [0.5, 0.6) is 0 Å². The normalized spacial score (nSPS) is 20.7. The largest absolute Gasteiger partial charge is 0.480 e. The third-order valence-electron chi connectivity index (χ3n) is 5.60. The van der Waals surface area contributed by atoms with Gasteiger partial charge in [-0.1, -0.05) is 0 Å². The highest BCUT2D eigenvalue weighted by Gasteiger charge is 2.24. The van der Waals surface area contributed by atoms with E-state index in [0.717, 1.165) is 58.4 Å². The SMILES string of the molecule is CN(CC(=O)O)C1CCCN(CCC(=O)N2CCc3sccc3C2)CC1.Cl. The summed E-state index contributed by atoms with van der Waals surface area (Å²) >= 11 is 1.80. The summed E-state index contributed by atoms with van der Waals surface area (Å²) < 4.78 is 0. The number of carbonyl (C=O) groups is 2. The summed E-state index contributed by atoms with van der Waals surface area (Å²) in [6, 6.07) is 2.47. The number of halogens is 1. The molecular formula is C19H30ClN3O3S. The summed E-state index contributed by atoms with van der Waals surface area (Å²) in [6.45, 7) is 4.45. The number of carboxylic acid groups (broad SMARTS) is 1. The van der Waals surface area contributed by atoms with Gasteiger partial charge in [0.05, 0.1) is 6.54 Å². The molecule has 1 aromatic heterocycles. The molecule has 0 bridgehead atoms. The van der Waals surface area contributed by atoms with Crippen molar-refractivity contribution in [2.45, 2.75) is 44.7 Å². The summed E-state index contributed by atoms with van der Waals surface area (Å²) in [5, 5.41) is 11.1. The Labute approximate surface area is 171 Å². The highest BCUT2D eigenvalue weighted by atomic mass is 35.5. The molecule has 1 N–H and O–H groups in total. The minimum absolute atomic E-state index is 0. The van der Waals surface area contributed by atoms with Crippen molar-refractivity contribution < 1.29 is 14.7 Å². The van der Waals surface area contributed by atoms with E-state index in [1.165, 1.54) is 10.4 Å². The first-order chi connectivity index (χ1) is 12.5. The fourth-order valence-corrected chi connectivity index (χ4v) is 4.91. The van der Waals surface area contributed by atoms with Crippen molar-refractivity contribution in [1.29, 1.82) is 0 Å². The van der Waals surface area contributed by atoms with Crippen molar-refractivity contribution in [3.05, 3.63) is 21.9 Å². The fourth-order valence-electron chi connectivity index (χ4n) is 4.02. The second-order valence-corrected chi connectivity index (χ2v) is 8.42. The first kappa shape index (κ1) is 22.1. The van der Waals surface area contributed by atoms with Gasteiger partial charge in [-0.05, 0) is 62.8 Å². The van der Waals surface area contributed by atoms with Crippen LogP contribution in [0.15, 0.2) is 11.4 Å². The standard InChI is InChI=1S/C19H29N3O3S.ClH/c1-20(14-19(24)25)16-3-2-8-21(9-4-16)10-6-18(23)22-11-5-17-15(13-22)7-12-26-17;/h7,12,16H,2-6,8-11,13-14H2,1H3,(H,24,25);1H. The molecule has 1 aromatic rings. The molecule has 0 aliphatic carbocycles. The van der Waals surface area contributed by atoms with E-state index >= 15 is 0 Å². The first-order valence-electron chi connectivity index (χ1n) is 9.50. The summed E-state index contributed by atoms with van der Waals surface area (Å²) in [7, 11) is 1.90. The summed E-state index contributed by atoms with van der Waals surface area (Å²) in [5.74, 6) is -0.514. The smallest absolute Gasteiger partial charge is 0.317 e. The summed E-state index contributed by atoms with van der Waals surface area (Å²) in [4.78, 5) is 31.2. The summed E-state index contributed by atoms with van der Waals surface area (Å²) in [5.41, 5.74) is 1.31. The molecular weight excluding hydrogens is 386 g/mol. The predicted octanol–water partition coefficient (Wildman–Crippen LogP) is 2.32. The molecule has 1 atom stereocenters. The second-order valence-electron chi connectivity index (χ2n) is 7.42. The Morgan fingerprint density at radius 2 is 2.11 bits per heavy atom. The van der Waals surface area contributed by atoms with Crippen molar-refractivity contribution in [2.24, 2.45) is 0 Å². The average molecular weight is 416 g/mol. The average Bonchev–Trinajstić information content (AvgIpc) is 2.95. The van der Waals surface area contributed by atoms with Gasteiger partial charge in [-0.2, -0.15) is 0 Å². The number of amides is 1. The fraction of sp³-hybridized carbons (Fsp3) is 0.684. The zero-order valence-electron chi connectivity index (χ0n) is 15.9. The van der Waals surface area contributed by atoms with Crippen LogP contribution in [0.4, 0.5) is 0 Å². The second kappa shape index (κ2) is 10.4. The number of hydrogen-bond donors (Lipinski definition) is 1. The molecule has 3 heterocycles. The van der Waals surface area contributed by atoms with Gasteiger partial charge in [-0.25, -0.2) is 0 Å². The van der Waals surface area contributed by atoms with Gasteiger partial charge >= 0.3 is 5.97 Å². The van der Waals surface area contributed by atoms with E-state index in [1.54, 1.807) is 11.3 Å². The van der Waals surface area contributed by atoms with E-state index in [4.69, 9.17) is 5.11 Å². The van der Waals surface area contributed by atoms with Crippen LogP contribution in [0.25, 0.3) is 0 Å². The summed E-state index contributed by atoms with van der Waals surface area (Å²) in [6.07, 6.45) is 4.63. The molecule has 152 valence electrons. The van der Waals surface area contributed by atoms with E-state index in [1.807, 2.05) is 16.8 Å². The highest BCUT2D eigenvalue weighted by Crippen LogP contribution is 2.24.